The van der Waals surface area contributed by atoms with E-state index >= 15 is 0 Å². The second-order valence-electron chi connectivity index (χ2n) is 5.51. The zero-order valence-electron chi connectivity index (χ0n) is 13.8. The van der Waals surface area contributed by atoms with Crippen LogP contribution in [-0.4, -0.2) is 23.8 Å². The van der Waals surface area contributed by atoms with Gasteiger partial charge in [-0.15, -0.1) is 0 Å². The summed E-state index contributed by atoms with van der Waals surface area (Å²) in [6, 6.07) is 12.4. The molecule has 1 atom stereocenters. The fourth-order valence-corrected chi connectivity index (χ4v) is 2.16. The Morgan fingerprint density at radius 2 is 1.60 bits per heavy atom. The van der Waals surface area contributed by atoms with Crippen molar-refractivity contribution in [1.82, 2.24) is 16.2 Å². The molecule has 0 aliphatic heterocycles. The lowest BCUT2D eigenvalue weighted by molar-refractivity contribution is -0.123. The lowest BCUT2D eigenvalue weighted by atomic mass is 10.1. The monoisotopic (exact) mass is 359 g/mol. The van der Waals surface area contributed by atoms with E-state index in [0.717, 1.165) is 5.56 Å². The fourth-order valence-electron chi connectivity index (χ4n) is 2.03. The summed E-state index contributed by atoms with van der Waals surface area (Å²) in [4.78, 5) is 36.0. The highest BCUT2D eigenvalue weighted by Crippen LogP contribution is 2.09. The van der Waals surface area contributed by atoms with Crippen LogP contribution in [-0.2, 0) is 4.79 Å². The first-order valence-electron chi connectivity index (χ1n) is 7.60. The minimum absolute atomic E-state index is 0.348. The predicted molar refractivity (Wildman–Crippen MR) is 95.2 cm³/mol. The van der Waals surface area contributed by atoms with Gasteiger partial charge in [0.05, 0.1) is 0 Å². The topological polar surface area (TPSA) is 87.3 Å². The van der Waals surface area contributed by atoms with E-state index in [-0.39, 0.29) is 5.91 Å². The summed E-state index contributed by atoms with van der Waals surface area (Å²) in [5.74, 6) is -1.39. The number of hydrogen-bond donors (Lipinski definition) is 3. The van der Waals surface area contributed by atoms with Crippen LogP contribution in [0.15, 0.2) is 48.5 Å². The first-order chi connectivity index (χ1) is 11.9. The largest absolute Gasteiger partial charge is 0.340 e. The van der Waals surface area contributed by atoms with E-state index in [1.165, 1.54) is 19.1 Å². The molecule has 0 aliphatic rings. The zero-order valence-corrected chi connectivity index (χ0v) is 14.6. The van der Waals surface area contributed by atoms with Crippen molar-refractivity contribution in [1.29, 1.82) is 0 Å². The van der Waals surface area contributed by atoms with Gasteiger partial charge in [0.2, 0.25) is 0 Å². The first kappa shape index (κ1) is 18.5. The van der Waals surface area contributed by atoms with E-state index in [2.05, 4.69) is 16.2 Å². The number of aryl methyl sites for hydroxylation is 1. The Bertz CT molecular complexity index is 790. The second-order valence-corrected chi connectivity index (χ2v) is 5.95. The van der Waals surface area contributed by atoms with Gasteiger partial charge in [-0.2, -0.15) is 0 Å². The van der Waals surface area contributed by atoms with Crippen molar-refractivity contribution < 1.29 is 14.4 Å². The van der Waals surface area contributed by atoms with E-state index in [0.29, 0.717) is 16.1 Å². The van der Waals surface area contributed by atoms with Gasteiger partial charge >= 0.3 is 0 Å². The molecule has 7 heteroatoms. The molecule has 0 heterocycles. The van der Waals surface area contributed by atoms with Crippen LogP contribution < -0.4 is 16.2 Å². The van der Waals surface area contributed by atoms with Crippen molar-refractivity contribution in [2.75, 3.05) is 0 Å². The Morgan fingerprint density at radius 1 is 0.920 bits per heavy atom. The number of rotatable bonds is 4. The highest BCUT2D eigenvalue weighted by molar-refractivity contribution is 6.30. The minimum Gasteiger partial charge on any atom is -0.340 e. The number of amides is 3. The Kier molecular flexibility index (Phi) is 6.14. The average molecular weight is 360 g/mol. The van der Waals surface area contributed by atoms with Gasteiger partial charge in [0.25, 0.3) is 17.7 Å². The molecule has 0 unspecified atom stereocenters. The average Bonchev–Trinajstić information content (AvgIpc) is 2.59. The molecule has 0 aliphatic carbocycles. The zero-order chi connectivity index (χ0) is 18.4. The van der Waals surface area contributed by atoms with Crippen LogP contribution in [0.2, 0.25) is 5.02 Å². The highest BCUT2D eigenvalue weighted by Gasteiger charge is 2.17. The summed E-state index contributed by atoms with van der Waals surface area (Å²) in [6.45, 7) is 3.40. The van der Waals surface area contributed by atoms with Crippen LogP contribution in [0.3, 0.4) is 0 Å². The quantitative estimate of drug-likeness (QED) is 0.731. The third-order valence-electron chi connectivity index (χ3n) is 3.43. The van der Waals surface area contributed by atoms with Crippen molar-refractivity contribution in [2.24, 2.45) is 0 Å². The maximum atomic E-state index is 12.1. The molecule has 3 N–H and O–H groups in total. The number of halogens is 1. The van der Waals surface area contributed by atoms with Crippen LogP contribution in [0.25, 0.3) is 0 Å². The number of carbonyl (C=O) groups is 3. The smallest absolute Gasteiger partial charge is 0.269 e. The molecule has 0 fully saturated rings. The van der Waals surface area contributed by atoms with Gasteiger partial charge in [-0.3, -0.25) is 25.2 Å². The molecule has 0 bridgehead atoms. The Hall–Kier alpha value is -2.86. The molecule has 130 valence electrons. The third kappa shape index (κ3) is 5.32. The molecule has 2 aromatic rings. The van der Waals surface area contributed by atoms with Crippen LogP contribution >= 0.6 is 11.6 Å². The summed E-state index contributed by atoms with van der Waals surface area (Å²) < 4.78 is 0. The molecular formula is C18H18ClN3O3. The summed E-state index contributed by atoms with van der Waals surface area (Å²) in [5, 5.41) is 3.08. The summed E-state index contributed by atoms with van der Waals surface area (Å²) in [7, 11) is 0. The Labute approximate surface area is 150 Å². The van der Waals surface area contributed by atoms with Crippen molar-refractivity contribution in [3.63, 3.8) is 0 Å². The molecule has 3 amide bonds. The van der Waals surface area contributed by atoms with Crippen molar-refractivity contribution >= 4 is 29.3 Å². The molecule has 0 aromatic heterocycles. The highest BCUT2D eigenvalue weighted by atomic mass is 35.5. The van der Waals surface area contributed by atoms with Gasteiger partial charge in [0, 0.05) is 16.1 Å². The van der Waals surface area contributed by atoms with Gasteiger partial charge < -0.3 is 5.32 Å². The second kappa shape index (κ2) is 8.30. The number of carbonyl (C=O) groups excluding carboxylic acids is 3. The summed E-state index contributed by atoms with van der Waals surface area (Å²) in [6.07, 6.45) is 0. The summed E-state index contributed by atoms with van der Waals surface area (Å²) in [5.41, 5.74) is 6.32. The lowest BCUT2D eigenvalue weighted by Gasteiger charge is -2.15. The molecule has 0 saturated carbocycles. The fraction of sp³-hybridized carbons (Fsp3) is 0.167. The van der Waals surface area contributed by atoms with Gasteiger partial charge in [0.15, 0.2) is 0 Å². The van der Waals surface area contributed by atoms with Crippen molar-refractivity contribution in [3.05, 3.63) is 70.2 Å². The van der Waals surface area contributed by atoms with Gasteiger partial charge in [-0.1, -0.05) is 29.3 Å². The van der Waals surface area contributed by atoms with Gasteiger partial charge in [-0.25, -0.2) is 0 Å². The molecule has 0 spiro atoms. The molecule has 0 saturated heterocycles. The minimum atomic E-state index is -0.821. The van der Waals surface area contributed by atoms with E-state index in [9.17, 15) is 14.4 Å². The number of hydrazine groups is 1. The SMILES string of the molecule is Cc1cccc(C(=O)N[C@@H](C)C(=O)NNC(=O)c2ccc(Cl)cc2)c1. The van der Waals surface area contributed by atoms with Crippen LogP contribution in [0.4, 0.5) is 0 Å². The van der Waals surface area contributed by atoms with Crippen molar-refractivity contribution in [2.45, 2.75) is 19.9 Å². The van der Waals surface area contributed by atoms with E-state index in [4.69, 9.17) is 11.6 Å². The molecule has 25 heavy (non-hydrogen) atoms. The van der Waals surface area contributed by atoms with Crippen LogP contribution in [0.5, 0.6) is 0 Å². The number of hydrogen-bond acceptors (Lipinski definition) is 3. The first-order valence-corrected chi connectivity index (χ1v) is 7.98. The number of nitrogens with one attached hydrogen (secondary N) is 3. The molecule has 2 rings (SSSR count). The van der Waals surface area contributed by atoms with Crippen molar-refractivity contribution in [3.8, 4) is 0 Å². The molecule has 2 aromatic carbocycles. The van der Waals surface area contributed by atoms with Gasteiger partial charge in [0.1, 0.15) is 6.04 Å². The maximum absolute atomic E-state index is 12.1. The Balaban J connectivity index is 1.86. The number of benzene rings is 2. The molecular weight excluding hydrogens is 342 g/mol. The molecule has 6 nitrogen and oxygen atoms in total. The normalized spacial score (nSPS) is 11.3. The van der Waals surface area contributed by atoms with Crippen LogP contribution in [0, 0.1) is 6.92 Å². The van der Waals surface area contributed by atoms with E-state index in [1.54, 1.807) is 30.3 Å². The van der Waals surface area contributed by atoms with E-state index < -0.39 is 17.9 Å². The third-order valence-corrected chi connectivity index (χ3v) is 3.68. The van der Waals surface area contributed by atoms with Crippen LogP contribution in [0.1, 0.15) is 33.2 Å². The molecule has 0 radical (unpaired) electrons. The van der Waals surface area contributed by atoms with E-state index in [1.807, 2.05) is 13.0 Å². The Morgan fingerprint density at radius 3 is 2.24 bits per heavy atom. The summed E-state index contributed by atoms with van der Waals surface area (Å²) >= 11 is 5.75. The standard InChI is InChI=1S/C18H18ClN3O3/c1-11-4-3-5-14(10-11)17(24)20-12(2)16(23)21-22-18(25)13-6-8-15(19)9-7-13/h3-10,12H,1-2H3,(H,20,24)(H,21,23)(H,22,25)/t12-/m0/s1. The lowest BCUT2D eigenvalue weighted by Crippen LogP contribution is -2.51. The maximum Gasteiger partial charge on any atom is 0.269 e. The predicted octanol–water partition coefficient (Wildman–Crippen LogP) is 2.23. The van der Waals surface area contributed by atoms with Gasteiger partial charge in [-0.05, 0) is 50.2 Å².